The van der Waals surface area contributed by atoms with Gasteiger partial charge in [0.1, 0.15) is 11.2 Å². The summed E-state index contributed by atoms with van der Waals surface area (Å²) in [6.45, 7) is 1.62. The van der Waals surface area contributed by atoms with Crippen LogP contribution < -0.4 is 0 Å². The minimum Gasteiger partial charge on any atom is -0.462 e. The Kier molecular flexibility index (Phi) is 4.35. The van der Waals surface area contributed by atoms with Gasteiger partial charge in [0.25, 0.3) is 6.43 Å². The van der Waals surface area contributed by atoms with E-state index in [9.17, 15) is 13.6 Å². The Morgan fingerprint density at radius 3 is 2.82 bits per heavy atom. The van der Waals surface area contributed by atoms with Crippen molar-refractivity contribution in [3.05, 3.63) is 28.0 Å². The first-order valence-corrected chi connectivity index (χ1v) is 4.94. The number of alkyl halides is 2. The Morgan fingerprint density at radius 2 is 2.35 bits per heavy atom. The second-order valence-electron chi connectivity index (χ2n) is 2.88. The molecule has 1 rings (SSSR count). The summed E-state index contributed by atoms with van der Waals surface area (Å²) < 4.78 is 30.0. The van der Waals surface area contributed by atoms with Crippen molar-refractivity contribution in [3.8, 4) is 6.07 Å². The third-order valence-electron chi connectivity index (χ3n) is 1.89. The normalized spacial score (nSPS) is 10.1. The highest BCUT2D eigenvalue weighted by molar-refractivity contribution is 6.30. The largest absolute Gasteiger partial charge is 0.462 e. The molecule has 0 fully saturated rings. The molecule has 0 aliphatic heterocycles. The average molecular weight is 261 g/mol. The van der Waals surface area contributed by atoms with Crippen LogP contribution in [0, 0.1) is 11.3 Å². The van der Waals surface area contributed by atoms with Crippen LogP contribution in [0.25, 0.3) is 0 Å². The van der Waals surface area contributed by atoms with Crippen molar-refractivity contribution < 1.29 is 18.3 Å². The molecule has 90 valence electrons. The number of hydrogen-bond acceptors (Lipinski definition) is 4. The molecule has 1 aromatic heterocycles. The number of ether oxygens (including phenoxy) is 1. The minimum atomic E-state index is -2.99. The lowest BCUT2D eigenvalue weighted by Gasteiger charge is -2.08. The van der Waals surface area contributed by atoms with Crippen molar-refractivity contribution in [2.75, 3.05) is 6.61 Å². The van der Waals surface area contributed by atoms with Gasteiger partial charge in [0, 0.05) is 6.20 Å². The van der Waals surface area contributed by atoms with Crippen molar-refractivity contribution in [3.63, 3.8) is 0 Å². The summed E-state index contributed by atoms with van der Waals surface area (Å²) in [5.74, 6) is -0.880. The van der Waals surface area contributed by atoms with E-state index >= 15 is 0 Å². The molecule has 0 aliphatic rings. The van der Waals surface area contributed by atoms with Crippen molar-refractivity contribution in [1.82, 2.24) is 4.98 Å². The van der Waals surface area contributed by atoms with E-state index < -0.39 is 28.7 Å². The van der Waals surface area contributed by atoms with E-state index in [1.807, 2.05) is 0 Å². The molecular formula is C10H7ClF2N2O2. The Bertz CT molecular complexity index is 486. The highest BCUT2D eigenvalue weighted by atomic mass is 35.5. The first kappa shape index (κ1) is 13.3. The smallest absolute Gasteiger partial charge is 0.341 e. The number of nitriles is 1. The van der Waals surface area contributed by atoms with Gasteiger partial charge in [-0.15, -0.1) is 0 Å². The molecule has 0 aromatic carbocycles. The van der Waals surface area contributed by atoms with Crippen molar-refractivity contribution in [2.45, 2.75) is 13.3 Å². The van der Waals surface area contributed by atoms with E-state index in [-0.39, 0.29) is 12.2 Å². The van der Waals surface area contributed by atoms with E-state index in [2.05, 4.69) is 9.72 Å². The molecule has 0 atom stereocenters. The van der Waals surface area contributed by atoms with Gasteiger partial charge in [0.15, 0.2) is 0 Å². The minimum absolute atomic E-state index is 0.0658. The fourth-order valence-corrected chi connectivity index (χ4v) is 1.41. The van der Waals surface area contributed by atoms with E-state index in [4.69, 9.17) is 16.9 Å². The molecule has 0 unspecified atom stereocenters. The average Bonchev–Trinajstić information content (AvgIpc) is 2.27. The van der Waals surface area contributed by atoms with Gasteiger partial charge in [-0.2, -0.15) is 5.26 Å². The van der Waals surface area contributed by atoms with Crippen molar-refractivity contribution >= 4 is 17.6 Å². The van der Waals surface area contributed by atoms with Gasteiger partial charge in [-0.25, -0.2) is 18.6 Å². The van der Waals surface area contributed by atoms with Gasteiger partial charge >= 0.3 is 5.97 Å². The fraction of sp³-hybridized carbons (Fsp3) is 0.300. The maximum absolute atomic E-state index is 12.7. The Morgan fingerprint density at radius 1 is 1.71 bits per heavy atom. The molecule has 4 nitrogen and oxygen atoms in total. The molecule has 0 bridgehead atoms. The molecule has 0 saturated carbocycles. The summed E-state index contributed by atoms with van der Waals surface area (Å²) in [4.78, 5) is 14.9. The third kappa shape index (κ3) is 2.68. The van der Waals surface area contributed by atoms with Gasteiger partial charge in [-0.1, -0.05) is 11.6 Å². The summed E-state index contributed by atoms with van der Waals surface area (Å²) in [5, 5.41) is 8.32. The zero-order valence-corrected chi connectivity index (χ0v) is 9.46. The van der Waals surface area contributed by atoms with Crippen LogP contribution in [-0.2, 0) is 4.74 Å². The number of rotatable bonds is 3. The van der Waals surface area contributed by atoms with Crippen molar-refractivity contribution in [2.24, 2.45) is 0 Å². The molecular weight excluding hydrogens is 254 g/mol. The van der Waals surface area contributed by atoms with E-state index in [0.29, 0.717) is 0 Å². The van der Waals surface area contributed by atoms with Gasteiger partial charge < -0.3 is 4.74 Å². The number of esters is 1. The molecule has 0 radical (unpaired) electrons. The van der Waals surface area contributed by atoms with Crippen LogP contribution in [0.3, 0.4) is 0 Å². The van der Waals surface area contributed by atoms with Crippen LogP contribution in [-0.4, -0.2) is 17.6 Å². The van der Waals surface area contributed by atoms with Crippen LogP contribution in [0.15, 0.2) is 6.20 Å². The number of nitrogens with zero attached hydrogens (tertiary/aromatic N) is 2. The Balaban J connectivity index is 3.39. The number of aromatic nitrogens is 1. The number of halogens is 3. The lowest BCUT2D eigenvalue weighted by Crippen LogP contribution is -2.10. The standard InChI is InChI=1S/C10H7ClF2N2O2/c1-2-17-10(16)6-4-15-8(11)7(9(12)13)5(6)3-14/h4,9H,2H2,1H3. The maximum atomic E-state index is 12.7. The molecule has 0 aliphatic carbocycles. The summed E-state index contributed by atoms with van der Waals surface area (Å²) in [5.41, 5.74) is -1.56. The molecule has 0 saturated heterocycles. The molecule has 7 heteroatoms. The van der Waals surface area contributed by atoms with Gasteiger partial charge in [0.05, 0.1) is 23.3 Å². The Labute approximate surface area is 101 Å². The maximum Gasteiger partial charge on any atom is 0.341 e. The van der Waals surface area contributed by atoms with Gasteiger partial charge in [0.2, 0.25) is 0 Å². The second-order valence-corrected chi connectivity index (χ2v) is 3.24. The predicted octanol–water partition coefficient (Wildman–Crippen LogP) is 2.72. The van der Waals surface area contributed by atoms with Crippen LogP contribution >= 0.6 is 11.6 Å². The van der Waals surface area contributed by atoms with E-state index in [1.165, 1.54) is 6.07 Å². The number of carbonyl (C=O) groups excluding carboxylic acids is 1. The van der Waals surface area contributed by atoms with Crippen LogP contribution in [0.4, 0.5) is 8.78 Å². The monoisotopic (exact) mass is 260 g/mol. The first-order valence-electron chi connectivity index (χ1n) is 4.56. The van der Waals surface area contributed by atoms with Gasteiger partial charge in [-0.05, 0) is 6.92 Å². The topological polar surface area (TPSA) is 63.0 Å². The Hall–Kier alpha value is -1.74. The summed E-state index contributed by atoms with van der Waals surface area (Å²) in [6.07, 6.45) is -2.04. The molecule has 0 spiro atoms. The van der Waals surface area contributed by atoms with Gasteiger partial charge in [-0.3, -0.25) is 0 Å². The van der Waals surface area contributed by atoms with Crippen molar-refractivity contribution in [1.29, 1.82) is 5.26 Å². The van der Waals surface area contributed by atoms with Crippen LogP contribution in [0.1, 0.15) is 34.8 Å². The SMILES string of the molecule is CCOC(=O)c1cnc(Cl)c(C(F)F)c1C#N. The highest BCUT2D eigenvalue weighted by Crippen LogP contribution is 2.30. The van der Waals surface area contributed by atoms with Crippen LogP contribution in [0.2, 0.25) is 5.15 Å². The van der Waals surface area contributed by atoms with Crippen LogP contribution in [0.5, 0.6) is 0 Å². The summed E-state index contributed by atoms with van der Waals surface area (Å²) in [7, 11) is 0. The zero-order chi connectivity index (χ0) is 13.0. The zero-order valence-electron chi connectivity index (χ0n) is 8.71. The number of pyridine rings is 1. The fourth-order valence-electron chi connectivity index (χ4n) is 1.19. The molecule has 0 amide bonds. The lowest BCUT2D eigenvalue weighted by atomic mass is 10.1. The summed E-state index contributed by atoms with van der Waals surface area (Å²) in [6, 6.07) is 1.52. The van der Waals surface area contributed by atoms with E-state index in [1.54, 1.807) is 6.92 Å². The lowest BCUT2D eigenvalue weighted by molar-refractivity contribution is 0.0525. The first-order chi connectivity index (χ1) is 8.02. The molecule has 17 heavy (non-hydrogen) atoms. The molecule has 1 heterocycles. The second kappa shape index (κ2) is 5.55. The molecule has 0 N–H and O–H groups in total. The predicted molar refractivity (Wildman–Crippen MR) is 54.9 cm³/mol. The van der Waals surface area contributed by atoms with E-state index in [0.717, 1.165) is 6.20 Å². The molecule has 1 aromatic rings. The highest BCUT2D eigenvalue weighted by Gasteiger charge is 2.25. The number of hydrogen-bond donors (Lipinski definition) is 0. The number of carbonyl (C=O) groups is 1. The third-order valence-corrected chi connectivity index (χ3v) is 2.19. The quantitative estimate of drug-likeness (QED) is 0.619. The summed E-state index contributed by atoms with van der Waals surface area (Å²) >= 11 is 5.46.